The minimum atomic E-state index is -0.320. The summed E-state index contributed by atoms with van der Waals surface area (Å²) < 4.78 is 35.0. The first kappa shape index (κ1) is 49.0. The minimum Gasteiger partial charge on any atom is -0.491 e. The maximum Gasteiger partial charge on any atom is 0.210 e. The third-order valence-electron chi connectivity index (χ3n) is 14.2. The highest BCUT2D eigenvalue weighted by molar-refractivity contribution is 6.03. The summed E-state index contributed by atoms with van der Waals surface area (Å²) in [6.45, 7) is 12.9. The highest BCUT2D eigenvalue weighted by Gasteiger charge is 2.45. The van der Waals surface area contributed by atoms with Gasteiger partial charge in [0.05, 0.1) is 18.6 Å². The van der Waals surface area contributed by atoms with Gasteiger partial charge in [0.2, 0.25) is 5.69 Å². The van der Waals surface area contributed by atoms with E-state index < -0.39 is 0 Å². The minimum absolute atomic E-state index is 0.227. The second-order valence-electron chi connectivity index (χ2n) is 19.8. The summed E-state index contributed by atoms with van der Waals surface area (Å²) in [7, 11) is 5.47. The molecule has 364 valence electrons. The second-order valence-corrected chi connectivity index (χ2v) is 19.8. The topological polar surface area (TPSA) is 56.3 Å². The van der Waals surface area contributed by atoms with Gasteiger partial charge in [-0.15, -0.1) is 0 Å². The van der Waals surface area contributed by atoms with Gasteiger partial charge in [-0.25, -0.2) is 4.57 Å². The predicted molar refractivity (Wildman–Crippen MR) is 285 cm³/mol. The van der Waals surface area contributed by atoms with E-state index in [0.717, 1.165) is 55.2 Å². The zero-order chi connectivity index (χ0) is 49.4. The van der Waals surface area contributed by atoms with Crippen molar-refractivity contribution in [3.63, 3.8) is 0 Å². The Kier molecular flexibility index (Phi) is 15.2. The Morgan fingerprint density at radius 1 is 0.620 bits per heavy atom. The number of ether oxygens (including phenoxy) is 5. The van der Waals surface area contributed by atoms with Gasteiger partial charge in [-0.05, 0) is 97.0 Å². The molecule has 0 N–H and O–H groups in total. The number of anilines is 1. The number of hydrogen-bond donors (Lipinski definition) is 0. The van der Waals surface area contributed by atoms with Crippen LogP contribution in [-0.2, 0) is 51.6 Å². The summed E-state index contributed by atoms with van der Waals surface area (Å²) in [6.07, 6.45) is 15.8. The van der Waals surface area contributed by atoms with Crippen LogP contribution in [0.3, 0.4) is 0 Å². The van der Waals surface area contributed by atoms with Crippen LogP contribution < -0.4 is 18.9 Å². The number of nitrogens with zero attached hydrogens (tertiary/aromatic N) is 3. The second kappa shape index (κ2) is 22.0. The van der Waals surface area contributed by atoms with Crippen molar-refractivity contribution in [1.29, 1.82) is 0 Å². The van der Waals surface area contributed by atoms with Crippen molar-refractivity contribution in [2.24, 2.45) is 7.05 Å². The van der Waals surface area contributed by atoms with Gasteiger partial charge in [-0.3, -0.25) is 0 Å². The first-order chi connectivity index (χ1) is 34.5. The van der Waals surface area contributed by atoms with E-state index in [9.17, 15) is 0 Å². The molecule has 6 aromatic rings. The molecule has 8 nitrogen and oxygen atoms in total. The normalized spacial score (nSPS) is 17.4. The van der Waals surface area contributed by atoms with E-state index in [1.165, 1.54) is 61.7 Å². The summed E-state index contributed by atoms with van der Waals surface area (Å²) in [5, 5.41) is 0. The molecule has 0 spiro atoms. The van der Waals surface area contributed by atoms with Gasteiger partial charge in [0.15, 0.2) is 24.7 Å². The first-order valence-corrected chi connectivity index (χ1v) is 25.0. The van der Waals surface area contributed by atoms with Crippen molar-refractivity contribution in [2.75, 3.05) is 45.5 Å². The number of methoxy groups -OCH3 is 2. The van der Waals surface area contributed by atoms with Crippen LogP contribution in [0.15, 0.2) is 199 Å². The maximum absolute atomic E-state index is 7.53. The zero-order valence-corrected chi connectivity index (χ0v) is 42.6. The van der Waals surface area contributed by atoms with E-state index in [-0.39, 0.29) is 16.9 Å². The molecule has 0 saturated heterocycles. The summed E-state index contributed by atoms with van der Waals surface area (Å²) in [4.78, 5) is 2.48. The molecule has 8 heteroatoms. The third kappa shape index (κ3) is 11.0. The van der Waals surface area contributed by atoms with Gasteiger partial charge in [0, 0.05) is 85.0 Å². The lowest BCUT2D eigenvalue weighted by Gasteiger charge is -2.27. The van der Waals surface area contributed by atoms with Crippen LogP contribution in [0.1, 0.15) is 80.0 Å². The van der Waals surface area contributed by atoms with Crippen LogP contribution in [0.2, 0.25) is 0 Å². The molecule has 71 heavy (non-hydrogen) atoms. The molecule has 9 rings (SSSR count). The summed E-state index contributed by atoms with van der Waals surface area (Å²) in [5.41, 5.74) is 13.9. The van der Waals surface area contributed by atoms with Crippen LogP contribution in [0.5, 0.6) is 11.5 Å². The van der Waals surface area contributed by atoms with E-state index in [2.05, 4.69) is 225 Å². The van der Waals surface area contributed by atoms with E-state index in [1.54, 1.807) is 14.2 Å². The number of pyridine rings is 1. The fourth-order valence-corrected chi connectivity index (χ4v) is 10.3. The lowest BCUT2D eigenvalue weighted by Crippen LogP contribution is -2.27. The number of fused-ring (bicyclic) bond motifs is 2. The average Bonchev–Trinajstić information content (AvgIpc) is 3.93. The molecule has 0 radical (unpaired) electrons. The van der Waals surface area contributed by atoms with Crippen LogP contribution in [0, 0.1) is 0 Å². The molecule has 0 bridgehead atoms. The fraction of sp³-hybridized carbons (Fsp3) is 0.302. The van der Waals surface area contributed by atoms with Crippen molar-refractivity contribution < 1.29 is 32.8 Å². The van der Waals surface area contributed by atoms with Crippen molar-refractivity contribution in [2.45, 2.75) is 77.0 Å². The molecule has 2 aliphatic heterocycles. The Hall–Kier alpha value is -7.00. The van der Waals surface area contributed by atoms with Gasteiger partial charge in [-0.1, -0.05) is 111 Å². The number of rotatable bonds is 20. The summed E-state index contributed by atoms with van der Waals surface area (Å²) in [5.74, 6) is 2.64. The van der Waals surface area contributed by atoms with E-state index in [1.807, 2.05) is 0 Å². The van der Waals surface area contributed by atoms with Crippen LogP contribution >= 0.6 is 0 Å². The van der Waals surface area contributed by atoms with Gasteiger partial charge < -0.3 is 28.6 Å². The fourth-order valence-electron chi connectivity index (χ4n) is 10.3. The van der Waals surface area contributed by atoms with E-state index in [4.69, 9.17) is 23.7 Å². The Morgan fingerprint density at radius 2 is 1.23 bits per heavy atom. The number of benzene rings is 5. The lowest BCUT2D eigenvalue weighted by atomic mass is 9.81. The van der Waals surface area contributed by atoms with Crippen LogP contribution in [-0.4, -0.2) is 50.9 Å². The summed E-state index contributed by atoms with van der Waals surface area (Å²) in [6, 6.07) is 49.6. The predicted octanol–water partition coefficient (Wildman–Crippen LogP) is 12.6. The monoisotopic (exact) mass is 948 g/mol. The molecule has 0 saturated carbocycles. The Balaban J connectivity index is 1.16. The summed E-state index contributed by atoms with van der Waals surface area (Å²) >= 11 is 0. The molecule has 1 unspecified atom stereocenters. The lowest BCUT2D eigenvalue weighted by molar-refractivity contribution is -0.671. The molecule has 3 heterocycles. The highest BCUT2D eigenvalue weighted by Crippen LogP contribution is 2.50. The number of aromatic nitrogens is 1. The van der Waals surface area contributed by atoms with Gasteiger partial charge in [0.25, 0.3) is 0 Å². The number of aryl methyl sites for hydroxylation is 1. The molecule has 3 aliphatic rings. The van der Waals surface area contributed by atoms with Gasteiger partial charge >= 0.3 is 0 Å². The molecule has 0 amide bonds. The van der Waals surface area contributed by atoms with Crippen molar-refractivity contribution in [3.05, 3.63) is 232 Å². The highest BCUT2D eigenvalue weighted by atomic mass is 16.5. The van der Waals surface area contributed by atoms with Crippen LogP contribution in [0.25, 0.3) is 0 Å². The van der Waals surface area contributed by atoms with E-state index >= 15 is 0 Å². The van der Waals surface area contributed by atoms with Crippen molar-refractivity contribution >= 4 is 17.1 Å². The number of hydrogen-bond acceptors (Lipinski definition) is 6. The number of allylic oxidation sites excluding steroid dienone is 7. The van der Waals surface area contributed by atoms with Crippen molar-refractivity contribution in [1.82, 2.24) is 0 Å². The molecule has 1 atom stereocenters. The molecular weight excluding hydrogens is 879 g/mol. The maximum atomic E-state index is 7.53. The van der Waals surface area contributed by atoms with Crippen LogP contribution in [0.4, 0.5) is 11.4 Å². The standard InChI is InChI=1S/C63H69N3O5/c1-62(2)54-42-52(69-39-37-67-6)27-29-56(54)65(44-47-19-13-9-14-20-47)59(62)31-25-50-23-24-51(61(50)71-58(41-46-17-11-8-12-18-46)49-33-35-64(5)36-34-49)26-32-60-63(3,4)55-43-53(70-40-38-68-7)28-30-57(55)66(60)45-48-21-15-10-16-22-48/h8-22,25-36,42-43,58H,23-24,37-41,44-45H2,1-7H3/q+2. The van der Waals surface area contributed by atoms with Gasteiger partial charge in [0.1, 0.15) is 43.6 Å². The van der Waals surface area contributed by atoms with Gasteiger partial charge in [-0.2, -0.15) is 4.58 Å². The average molecular weight is 948 g/mol. The smallest absolute Gasteiger partial charge is 0.210 e. The Morgan fingerprint density at radius 3 is 1.87 bits per heavy atom. The molecule has 1 aromatic heterocycles. The SMILES string of the molecule is COCCOc1ccc2c(c1)C(C)(C)C(/C=C/C1=C(OC(Cc3ccccc3)c3cc[n+](C)cc3)C(=C/C=C3/N(Cc4ccccc4)c4ccc(OCCOC)cc4C3(C)C)/CC1)=[N+]2Cc1ccccc1. The zero-order valence-electron chi connectivity index (χ0n) is 42.6. The largest absolute Gasteiger partial charge is 0.491 e. The van der Waals surface area contributed by atoms with Crippen molar-refractivity contribution in [3.8, 4) is 11.5 Å². The third-order valence-corrected chi connectivity index (χ3v) is 14.2. The Bertz CT molecular complexity index is 2950. The molecule has 1 aliphatic carbocycles. The molecule has 5 aromatic carbocycles. The quantitative estimate of drug-likeness (QED) is 0.0561. The Labute approximate surface area is 421 Å². The molecule has 0 fully saturated rings. The van der Waals surface area contributed by atoms with E-state index in [0.29, 0.717) is 26.4 Å². The first-order valence-electron chi connectivity index (χ1n) is 25.0. The molecular formula is C63H69N3O5+2.